The van der Waals surface area contributed by atoms with Gasteiger partial charge in [-0.05, 0) is 19.0 Å². The molecule has 1 aromatic carbocycles. The molecule has 1 saturated heterocycles. The molecule has 2 heterocycles. The molecular formula is C19H23BF5N3O4. The van der Waals surface area contributed by atoms with Gasteiger partial charge in [-0.1, -0.05) is 6.92 Å². The van der Waals surface area contributed by atoms with Crippen LogP contribution in [0.3, 0.4) is 0 Å². The van der Waals surface area contributed by atoms with Crippen molar-refractivity contribution in [2.75, 3.05) is 38.3 Å². The summed E-state index contributed by atoms with van der Waals surface area (Å²) in [4.78, 5) is 25.8. The number of anilines is 1. The molecule has 2 aromatic rings. The van der Waals surface area contributed by atoms with Crippen LogP contribution in [0.15, 0.2) is 17.1 Å². The van der Waals surface area contributed by atoms with E-state index in [9.17, 15) is 32.0 Å². The van der Waals surface area contributed by atoms with Crippen LogP contribution in [0.4, 0.5) is 27.4 Å². The Morgan fingerprint density at radius 3 is 2.56 bits per heavy atom. The first-order valence-corrected chi connectivity index (χ1v) is 9.79. The Labute approximate surface area is 181 Å². The molecule has 0 bridgehead atoms. The predicted octanol–water partition coefficient (Wildman–Crippen LogP) is 2.88. The number of hydrogen-bond donors (Lipinski definition) is 2. The van der Waals surface area contributed by atoms with Gasteiger partial charge in [0.25, 0.3) is 0 Å². The summed E-state index contributed by atoms with van der Waals surface area (Å²) in [6.45, 7) is 2.99. The molecule has 1 aliphatic rings. The number of likely N-dealkylation sites (N-methyl/N-ethyl adjacent to an activating group) is 1. The smallest absolute Gasteiger partial charge is 0.492 e. The quantitative estimate of drug-likeness (QED) is 0.486. The van der Waals surface area contributed by atoms with Gasteiger partial charge in [-0.25, -0.2) is 13.6 Å². The first-order valence-electron chi connectivity index (χ1n) is 9.79. The first-order chi connectivity index (χ1) is 15.2. The molecule has 1 unspecified atom stereocenters. The highest BCUT2D eigenvalue weighted by atomic mass is 19.4. The SMILES string of the molecule is CCNC1CCN(c2c(F)cc3c(=O)c(C(=O)O)cn(CCF)c3c2OC)C1.FB(F)F. The second-order valence-corrected chi connectivity index (χ2v) is 6.93. The van der Waals surface area contributed by atoms with Crippen LogP contribution in [0.25, 0.3) is 10.9 Å². The molecule has 0 amide bonds. The maximum absolute atomic E-state index is 15.1. The number of nitrogens with one attached hydrogen (secondary N) is 1. The molecule has 0 saturated carbocycles. The zero-order valence-corrected chi connectivity index (χ0v) is 17.5. The lowest BCUT2D eigenvalue weighted by Gasteiger charge is -2.24. The molecule has 176 valence electrons. The number of hydrogen-bond acceptors (Lipinski definition) is 5. The van der Waals surface area contributed by atoms with Gasteiger partial charge in [0.15, 0.2) is 11.6 Å². The van der Waals surface area contributed by atoms with Crippen molar-refractivity contribution >= 4 is 30.1 Å². The third-order valence-corrected chi connectivity index (χ3v) is 5.00. The fourth-order valence-corrected chi connectivity index (χ4v) is 3.82. The van der Waals surface area contributed by atoms with Crippen molar-refractivity contribution in [1.82, 2.24) is 9.88 Å². The number of benzene rings is 1. The number of methoxy groups -OCH3 is 1. The van der Waals surface area contributed by atoms with Crippen LogP contribution < -0.4 is 20.4 Å². The number of alkyl halides is 1. The van der Waals surface area contributed by atoms with Crippen molar-refractivity contribution in [3.8, 4) is 5.75 Å². The van der Waals surface area contributed by atoms with Gasteiger partial charge in [-0.3, -0.25) is 17.7 Å². The summed E-state index contributed by atoms with van der Waals surface area (Å²) in [6.07, 6.45) is 1.91. The normalized spacial score (nSPS) is 15.5. The van der Waals surface area contributed by atoms with Gasteiger partial charge in [0, 0.05) is 25.3 Å². The van der Waals surface area contributed by atoms with E-state index in [1.165, 1.54) is 11.7 Å². The van der Waals surface area contributed by atoms with Crippen LogP contribution in [0.2, 0.25) is 0 Å². The zero-order valence-electron chi connectivity index (χ0n) is 17.5. The molecule has 1 aliphatic heterocycles. The minimum Gasteiger partial charge on any atom is -0.492 e. The molecule has 7 nitrogen and oxygen atoms in total. The minimum absolute atomic E-state index is 0.106. The van der Waals surface area contributed by atoms with Crippen LogP contribution in [-0.4, -0.2) is 62.6 Å². The summed E-state index contributed by atoms with van der Waals surface area (Å²) in [5.74, 6) is -2.02. The summed E-state index contributed by atoms with van der Waals surface area (Å²) >= 11 is 0. The molecule has 3 rings (SSSR count). The molecule has 1 atom stereocenters. The third kappa shape index (κ3) is 5.50. The van der Waals surface area contributed by atoms with Gasteiger partial charge >= 0.3 is 13.5 Å². The Balaban J connectivity index is 0.000000837. The number of carboxylic acid groups (broad SMARTS) is 1. The van der Waals surface area contributed by atoms with Crippen molar-refractivity contribution in [1.29, 1.82) is 0 Å². The Morgan fingerprint density at radius 1 is 1.38 bits per heavy atom. The molecule has 1 fully saturated rings. The van der Waals surface area contributed by atoms with Crippen molar-refractivity contribution in [2.45, 2.75) is 25.9 Å². The maximum atomic E-state index is 15.1. The predicted molar refractivity (Wildman–Crippen MR) is 111 cm³/mol. The van der Waals surface area contributed by atoms with Gasteiger partial charge in [0.1, 0.15) is 17.9 Å². The maximum Gasteiger partial charge on any atom is 0.762 e. The molecule has 2 N–H and O–H groups in total. The van der Waals surface area contributed by atoms with E-state index in [4.69, 9.17) is 4.74 Å². The lowest BCUT2D eigenvalue weighted by Crippen LogP contribution is -2.32. The van der Waals surface area contributed by atoms with E-state index < -0.39 is 37.0 Å². The van der Waals surface area contributed by atoms with Gasteiger partial charge in [0.05, 0.1) is 24.6 Å². The molecule has 32 heavy (non-hydrogen) atoms. The number of aromatic nitrogens is 1. The monoisotopic (exact) mass is 463 g/mol. The van der Waals surface area contributed by atoms with Gasteiger partial charge in [-0.2, -0.15) is 0 Å². The summed E-state index contributed by atoms with van der Waals surface area (Å²) < 4.78 is 63.9. The topological polar surface area (TPSA) is 83.8 Å². The fraction of sp³-hybridized carbons (Fsp3) is 0.474. The Bertz CT molecular complexity index is 1020. The average Bonchev–Trinajstić information content (AvgIpc) is 3.17. The fourth-order valence-electron chi connectivity index (χ4n) is 3.82. The van der Waals surface area contributed by atoms with Crippen LogP contribution in [0.1, 0.15) is 23.7 Å². The largest absolute Gasteiger partial charge is 0.762 e. The highest BCUT2D eigenvalue weighted by molar-refractivity contribution is 6.33. The third-order valence-electron chi connectivity index (χ3n) is 5.00. The van der Waals surface area contributed by atoms with Crippen LogP contribution in [-0.2, 0) is 6.54 Å². The number of fused-ring (bicyclic) bond motifs is 1. The molecular weight excluding hydrogens is 440 g/mol. The van der Waals surface area contributed by atoms with Crippen LogP contribution >= 0.6 is 0 Å². The second kappa shape index (κ2) is 11.2. The molecule has 0 radical (unpaired) electrons. The number of carboxylic acids is 1. The van der Waals surface area contributed by atoms with Gasteiger partial charge in [0.2, 0.25) is 5.43 Å². The summed E-state index contributed by atoms with van der Waals surface area (Å²) in [5.41, 5.74) is -0.972. The van der Waals surface area contributed by atoms with Crippen LogP contribution in [0.5, 0.6) is 5.75 Å². The molecule has 0 spiro atoms. The highest BCUT2D eigenvalue weighted by Crippen LogP contribution is 2.39. The Kier molecular flexibility index (Phi) is 8.87. The number of ether oxygens (including phenoxy) is 1. The van der Waals surface area contributed by atoms with Crippen molar-refractivity contribution in [3.05, 3.63) is 33.9 Å². The number of halogens is 5. The van der Waals surface area contributed by atoms with E-state index in [2.05, 4.69) is 5.32 Å². The second-order valence-electron chi connectivity index (χ2n) is 6.93. The van der Waals surface area contributed by atoms with E-state index >= 15 is 4.39 Å². The molecule has 0 aliphatic carbocycles. The van der Waals surface area contributed by atoms with Crippen molar-refractivity contribution < 1.29 is 36.4 Å². The lowest BCUT2D eigenvalue weighted by atomic mass is 10.1. The van der Waals surface area contributed by atoms with E-state index in [0.29, 0.717) is 13.1 Å². The van der Waals surface area contributed by atoms with Crippen molar-refractivity contribution in [2.24, 2.45) is 0 Å². The number of nitrogens with zero attached hydrogens (tertiary/aromatic N) is 2. The number of carbonyl (C=O) groups is 1. The van der Waals surface area contributed by atoms with Crippen LogP contribution in [0, 0.1) is 5.82 Å². The lowest BCUT2D eigenvalue weighted by molar-refractivity contribution is 0.0694. The number of pyridine rings is 1. The zero-order chi connectivity index (χ0) is 24.0. The van der Waals surface area contributed by atoms with Gasteiger partial charge in [-0.15, -0.1) is 0 Å². The molecule has 13 heteroatoms. The number of aryl methyl sites for hydroxylation is 1. The molecule has 1 aromatic heterocycles. The highest BCUT2D eigenvalue weighted by Gasteiger charge is 2.30. The summed E-state index contributed by atoms with van der Waals surface area (Å²) in [6, 6.07) is 1.23. The van der Waals surface area contributed by atoms with E-state index in [1.54, 1.807) is 0 Å². The average molecular weight is 463 g/mol. The Morgan fingerprint density at radius 2 is 2.03 bits per heavy atom. The number of aromatic carboxylic acids is 1. The van der Waals surface area contributed by atoms with Crippen molar-refractivity contribution in [3.63, 3.8) is 0 Å². The standard InChI is InChI=1S/C19H23F2N3O4.BF3/c1-3-22-11-4-6-23(9-11)16-14(21)8-12-15(18(16)28-2)24(7-5-20)10-13(17(12)25)19(26)27;2-1(3)4/h8,10-11,22H,3-7,9H2,1-2H3,(H,26,27);. The van der Waals surface area contributed by atoms with Gasteiger partial charge < -0.3 is 24.6 Å². The van der Waals surface area contributed by atoms with E-state index in [1.807, 2.05) is 11.8 Å². The van der Waals surface area contributed by atoms with E-state index in [-0.39, 0.29) is 34.9 Å². The first kappa shape index (κ1) is 25.4. The van der Waals surface area contributed by atoms with E-state index in [0.717, 1.165) is 25.2 Å². The summed E-state index contributed by atoms with van der Waals surface area (Å²) in [7, 11) is -2.31. The Hall–Kier alpha value is -2.83. The number of rotatable bonds is 7. The summed E-state index contributed by atoms with van der Waals surface area (Å²) in [5, 5.41) is 12.5. The minimum atomic E-state index is -3.67.